The summed E-state index contributed by atoms with van der Waals surface area (Å²) < 4.78 is 0.994. The normalized spacial score (nSPS) is 10.3. The van der Waals surface area contributed by atoms with E-state index < -0.39 is 0 Å². The standard InChI is InChI=1S/C6H4N4O2/c11-9-3-1-7-5-6(9)8-2-4-10(5)12/h1-4H. The minimum atomic E-state index is 0.0231. The highest BCUT2D eigenvalue weighted by Crippen LogP contribution is 2.06. The fraction of sp³-hybridized carbons (Fsp3) is 0. The fourth-order valence-electron chi connectivity index (χ4n) is 0.897. The molecule has 0 bridgehead atoms. The van der Waals surface area contributed by atoms with E-state index in [1.165, 1.54) is 24.8 Å². The molecular weight excluding hydrogens is 160 g/mol. The minimum Gasteiger partial charge on any atom is -0.804 e. The van der Waals surface area contributed by atoms with Crippen molar-refractivity contribution in [1.82, 2.24) is 14.7 Å². The number of aromatic nitrogens is 4. The minimum absolute atomic E-state index is 0.0231. The van der Waals surface area contributed by atoms with Crippen LogP contribution in [0.25, 0.3) is 11.6 Å². The third-order valence-electron chi connectivity index (χ3n) is 1.42. The lowest BCUT2D eigenvalue weighted by atomic mass is 10.5. The zero-order valence-corrected chi connectivity index (χ0v) is 5.91. The zero-order valence-electron chi connectivity index (χ0n) is 5.91. The molecule has 0 radical (unpaired) electrons. The maximum absolute atomic E-state index is 11.0. The van der Waals surface area contributed by atoms with Gasteiger partial charge in [0.05, 0.1) is 6.20 Å². The van der Waals surface area contributed by atoms with Gasteiger partial charge in [-0.15, -0.1) is 0 Å². The van der Waals surface area contributed by atoms with Gasteiger partial charge in [-0.2, -0.15) is 0 Å². The maximum Gasteiger partial charge on any atom is 0.409 e. The molecule has 2 heterocycles. The van der Waals surface area contributed by atoms with Gasteiger partial charge >= 0.3 is 5.82 Å². The number of nitrogens with zero attached hydrogens (tertiary/aromatic N) is 4. The summed E-state index contributed by atoms with van der Waals surface area (Å²) in [6.07, 6.45) is 4.89. The summed E-state index contributed by atoms with van der Waals surface area (Å²) in [5.74, 6) is 0.0463. The van der Waals surface area contributed by atoms with Crippen molar-refractivity contribution in [2.24, 2.45) is 0 Å². The fourth-order valence-corrected chi connectivity index (χ4v) is 0.897. The van der Waals surface area contributed by atoms with E-state index in [4.69, 9.17) is 0 Å². The van der Waals surface area contributed by atoms with E-state index in [-0.39, 0.29) is 11.6 Å². The molecule has 0 saturated heterocycles. The Morgan fingerprint density at radius 2 is 2.25 bits per heavy atom. The van der Waals surface area contributed by atoms with Gasteiger partial charge in [0.1, 0.15) is 0 Å². The van der Waals surface area contributed by atoms with Crippen LogP contribution in [-0.4, -0.2) is 14.7 Å². The van der Waals surface area contributed by atoms with Gasteiger partial charge in [-0.3, -0.25) is 0 Å². The number of fused-ring (bicyclic) bond motifs is 1. The Morgan fingerprint density at radius 1 is 1.42 bits per heavy atom. The number of rotatable bonds is 0. The van der Waals surface area contributed by atoms with E-state index in [1.807, 2.05) is 0 Å². The molecule has 0 N–H and O–H groups in total. The molecule has 0 unspecified atom stereocenters. The molecule has 0 fully saturated rings. The molecule has 6 heteroatoms. The smallest absolute Gasteiger partial charge is 0.409 e. The highest BCUT2D eigenvalue weighted by molar-refractivity contribution is 5.39. The quantitative estimate of drug-likeness (QED) is 0.498. The SMILES string of the molecule is O=[n+]1ccnc2n([O-])ccnc1-2. The molecule has 2 aliphatic heterocycles. The van der Waals surface area contributed by atoms with Gasteiger partial charge in [0.15, 0.2) is 12.4 Å². The maximum atomic E-state index is 11.0. The first-order valence-electron chi connectivity index (χ1n) is 3.21. The van der Waals surface area contributed by atoms with Crippen molar-refractivity contribution in [1.29, 1.82) is 0 Å². The Labute approximate surface area is 66.7 Å². The molecule has 0 aliphatic carbocycles. The number of hydrogen-bond donors (Lipinski definition) is 0. The summed E-state index contributed by atoms with van der Waals surface area (Å²) in [6, 6.07) is 0. The van der Waals surface area contributed by atoms with Crippen molar-refractivity contribution in [3.05, 3.63) is 34.9 Å². The monoisotopic (exact) mass is 164 g/mol. The summed E-state index contributed by atoms with van der Waals surface area (Å²) >= 11 is 0. The Hall–Kier alpha value is -1.98. The van der Waals surface area contributed by atoms with Crippen LogP contribution in [-0.2, 0) is 0 Å². The first kappa shape index (κ1) is 6.71. The average Bonchev–Trinajstić information content (AvgIpc) is 2.07. The second-order valence-corrected chi connectivity index (χ2v) is 2.15. The van der Waals surface area contributed by atoms with Crippen molar-refractivity contribution < 1.29 is 4.43 Å². The molecule has 0 amide bonds. The van der Waals surface area contributed by atoms with E-state index in [2.05, 4.69) is 9.97 Å². The zero-order chi connectivity index (χ0) is 8.55. The van der Waals surface area contributed by atoms with Crippen LogP contribution >= 0.6 is 0 Å². The lowest BCUT2D eigenvalue weighted by Crippen LogP contribution is -2.22. The van der Waals surface area contributed by atoms with Crippen LogP contribution in [0, 0.1) is 10.1 Å². The van der Waals surface area contributed by atoms with Gasteiger partial charge in [0.25, 0.3) is 0 Å². The van der Waals surface area contributed by atoms with Crippen LogP contribution in [0.15, 0.2) is 24.8 Å². The van der Waals surface area contributed by atoms with Crippen LogP contribution in [0.4, 0.5) is 0 Å². The van der Waals surface area contributed by atoms with Gasteiger partial charge in [0, 0.05) is 10.6 Å². The summed E-state index contributed by atoms with van der Waals surface area (Å²) in [7, 11) is 0. The molecule has 6 nitrogen and oxygen atoms in total. The topological polar surface area (TPSA) is 76.7 Å². The van der Waals surface area contributed by atoms with Gasteiger partial charge in [-0.1, -0.05) is 4.91 Å². The molecule has 12 heavy (non-hydrogen) atoms. The van der Waals surface area contributed by atoms with E-state index >= 15 is 0 Å². The third-order valence-corrected chi connectivity index (χ3v) is 1.42. The van der Waals surface area contributed by atoms with Crippen molar-refractivity contribution in [2.75, 3.05) is 0 Å². The Kier molecular flexibility index (Phi) is 1.26. The molecular formula is C6H4N4O2. The molecule has 2 aliphatic rings. The van der Waals surface area contributed by atoms with Gasteiger partial charge in [0.2, 0.25) is 5.82 Å². The molecule has 60 valence electrons. The Balaban J connectivity index is 2.91. The lowest BCUT2D eigenvalue weighted by Gasteiger charge is -2.10. The number of hydrogen-bond acceptors (Lipinski definition) is 4. The first-order chi connectivity index (χ1) is 5.79. The van der Waals surface area contributed by atoms with E-state index in [0.29, 0.717) is 9.16 Å². The third kappa shape index (κ3) is 0.815. The van der Waals surface area contributed by atoms with Crippen LogP contribution in [0.3, 0.4) is 0 Å². The summed E-state index contributed by atoms with van der Waals surface area (Å²) in [6.45, 7) is 0. The van der Waals surface area contributed by atoms with Crippen LogP contribution < -0.4 is 4.43 Å². The average molecular weight is 164 g/mol. The second kappa shape index (κ2) is 2.26. The van der Waals surface area contributed by atoms with E-state index in [9.17, 15) is 10.1 Å². The van der Waals surface area contributed by atoms with Crippen LogP contribution in [0.1, 0.15) is 0 Å². The molecule has 0 aromatic carbocycles. The van der Waals surface area contributed by atoms with E-state index in [0.717, 1.165) is 0 Å². The van der Waals surface area contributed by atoms with Gasteiger partial charge < -0.3 is 9.94 Å². The Bertz CT molecular complexity index is 438. The second-order valence-electron chi connectivity index (χ2n) is 2.15. The molecule has 0 aromatic heterocycles. The summed E-state index contributed by atoms with van der Waals surface area (Å²) in [4.78, 5) is 18.4. The van der Waals surface area contributed by atoms with Gasteiger partial charge in [-0.25, -0.2) is 4.98 Å². The summed E-state index contributed by atoms with van der Waals surface area (Å²) in [5, 5.41) is 11.0. The van der Waals surface area contributed by atoms with Crippen molar-refractivity contribution in [2.45, 2.75) is 0 Å². The molecule has 0 saturated carbocycles. The molecule has 0 spiro atoms. The predicted octanol–water partition coefficient (Wildman–Crippen LogP) is -0.357. The molecule has 0 aromatic rings. The van der Waals surface area contributed by atoms with Crippen molar-refractivity contribution in [3.63, 3.8) is 0 Å². The molecule has 0 atom stereocenters. The highest BCUT2D eigenvalue weighted by atomic mass is 16.5. The van der Waals surface area contributed by atoms with Crippen LogP contribution in [0.5, 0.6) is 0 Å². The Morgan fingerprint density at radius 3 is 3.00 bits per heavy atom. The van der Waals surface area contributed by atoms with Gasteiger partial charge in [-0.05, 0) is 4.98 Å². The van der Waals surface area contributed by atoms with E-state index in [1.54, 1.807) is 0 Å². The van der Waals surface area contributed by atoms with Crippen LogP contribution in [0.2, 0.25) is 0 Å². The molecule has 2 rings (SSSR count). The lowest BCUT2D eigenvalue weighted by molar-refractivity contribution is -0.486. The van der Waals surface area contributed by atoms with Crippen molar-refractivity contribution in [3.8, 4) is 11.6 Å². The first-order valence-corrected chi connectivity index (χ1v) is 3.21. The van der Waals surface area contributed by atoms with Crippen molar-refractivity contribution >= 4 is 0 Å². The summed E-state index contributed by atoms with van der Waals surface area (Å²) in [5.41, 5.74) is 0. The highest BCUT2D eigenvalue weighted by Gasteiger charge is 2.16. The predicted molar refractivity (Wildman–Crippen MR) is 38.8 cm³/mol. The largest absolute Gasteiger partial charge is 0.804 e.